The van der Waals surface area contributed by atoms with Crippen LogP contribution in [0.4, 0.5) is 4.39 Å². The number of carboxylic acids is 1. The molecule has 18 heavy (non-hydrogen) atoms. The third-order valence-corrected chi connectivity index (χ3v) is 4.77. The van der Waals surface area contributed by atoms with Crippen LogP contribution in [0.15, 0.2) is 39.0 Å². The predicted molar refractivity (Wildman–Crippen MR) is 74.9 cm³/mol. The second kappa shape index (κ2) is 5.86. The first-order valence-electron chi connectivity index (χ1n) is 4.95. The molecule has 0 spiro atoms. The van der Waals surface area contributed by atoms with Crippen LogP contribution in [0, 0.1) is 5.82 Å². The highest BCUT2D eigenvalue weighted by Crippen LogP contribution is 2.29. The molecule has 0 saturated carbocycles. The van der Waals surface area contributed by atoms with E-state index >= 15 is 0 Å². The first kappa shape index (κ1) is 13.6. The van der Waals surface area contributed by atoms with E-state index in [4.69, 9.17) is 5.11 Å². The van der Waals surface area contributed by atoms with Gasteiger partial charge in [-0.1, -0.05) is 15.9 Å². The largest absolute Gasteiger partial charge is 0.477 e. The second-order valence-corrected chi connectivity index (χ2v) is 6.35. The molecule has 0 atom stereocenters. The fraction of sp³-hybridized carbons (Fsp3) is 0.0833. The monoisotopic (exact) mass is 346 g/mol. The molecule has 0 aliphatic heterocycles. The summed E-state index contributed by atoms with van der Waals surface area (Å²) < 4.78 is 14.3. The molecular weight excluding hydrogens is 339 g/mol. The Labute approximate surface area is 120 Å². The van der Waals surface area contributed by atoms with Crippen molar-refractivity contribution >= 4 is 45.0 Å². The van der Waals surface area contributed by atoms with Crippen molar-refractivity contribution in [2.24, 2.45) is 0 Å². The Hall–Kier alpha value is -0.850. The van der Waals surface area contributed by atoms with E-state index in [1.165, 1.54) is 29.2 Å². The van der Waals surface area contributed by atoms with Gasteiger partial charge in [0.1, 0.15) is 10.7 Å². The van der Waals surface area contributed by atoms with Crippen molar-refractivity contribution in [1.82, 2.24) is 0 Å². The van der Waals surface area contributed by atoms with Crippen LogP contribution in [-0.4, -0.2) is 11.1 Å². The summed E-state index contributed by atoms with van der Waals surface area (Å²) in [5.41, 5.74) is 0.595. The molecule has 0 aliphatic rings. The topological polar surface area (TPSA) is 37.3 Å². The van der Waals surface area contributed by atoms with Crippen molar-refractivity contribution in [1.29, 1.82) is 0 Å². The number of aromatic carboxylic acids is 1. The minimum Gasteiger partial charge on any atom is -0.477 e. The van der Waals surface area contributed by atoms with Crippen molar-refractivity contribution in [3.05, 3.63) is 50.4 Å². The number of benzene rings is 1. The van der Waals surface area contributed by atoms with Gasteiger partial charge in [-0.15, -0.1) is 23.1 Å². The Morgan fingerprint density at radius 3 is 2.89 bits per heavy atom. The quantitative estimate of drug-likeness (QED) is 0.819. The Morgan fingerprint density at radius 1 is 1.44 bits per heavy atom. The van der Waals surface area contributed by atoms with Crippen LogP contribution >= 0.6 is 39.0 Å². The minimum atomic E-state index is -0.930. The van der Waals surface area contributed by atoms with Gasteiger partial charge in [0, 0.05) is 20.5 Å². The van der Waals surface area contributed by atoms with E-state index < -0.39 is 5.97 Å². The second-order valence-electron chi connectivity index (χ2n) is 3.48. The molecule has 0 radical (unpaired) electrons. The van der Waals surface area contributed by atoms with Crippen molar-refractivity contribution in [2.45, 2.75) is 10.6 Å². The third kappa shape index (κ3) is 3.34. The zero-order valence-electron chi connectivity index (χ0n) is 9.02. The molecule has 0 fully saturated rings. The Kier molecular flexibility index (Phi) is 4.42. The fourth-order valence-electron chi connectivity index (χ4n) is 1.32. The summed E-state index contributed by atoms with van der Waals surface area (Å²) in [4.78, 5) is 11.9. The highest BCUT2D eigenvalue weighted by Gasteiger charge is 2.08. The van der Waals surface area contributed by atoms with Crippen LogP contribution in [0.2, 0.25) is 0 Å². The van der Waals surface area contributed by atoms with E-state index in [2.05, 4.69) is 15.9 Å². The average molecular weight is 347 g/mol. The summed E-state index contributed by atoms with van der Waals surface area (Å²) in [5, 5.41) is 10.6. The number of hydrogen-bond donors (Lipinski definition) is 1. The van der Waals surface area contributed by atoms with Crippen LogP contribution < -0.4 is 0 Å². The van der Waals surface area contributed by atoms with Gasteiger partial charge in [-0.2, -0.15) is 0 Å². The first-order chi connectivity index (χ1) is 8.56. The maximum Gasteiger partial charge on any atom is 0.345 e. The number of thiophene rings is 1. The Bertz CT molecular complexity index is 583. The van der Waals surface area contributed by atoms with Crippen molar-refractivity contribution < 1.29 is 14.3 Å². The molecule has 0 bridgehead atoms. The smallest absolute Gasteiger partial charge is 0.345 e. The fourth-order valence-corrected chi connectivity index (χ4v) is 3.57. The molecule has 1 heterocycles. The molecule has 2 aromatic rings. The highest BCUT2D eigenvalue weighted by atomic mass is 79.9. The molecule has 2 nitrogen and oxygen atoms in total. The minimum absolute atomic E-state index is 0.251. The van der Waals surface area contributed by atoms with Gasteiger partial charge in [0.05, 0.1) is 0 Å². The molecular formula is C12H8BrFO2S2. The van der Waals surface area contributed by atoms with Gasteiger partial charge < -0.3 is 5.11 Å². The Balaban J connectivity index is 2.06. The molecule has 0 saturated heterocycles. The molecule has 1 aromatic carbocycles. The van der Waals surface area contributed by atoms with Crippen LogP contribution in [0.5, 0.6) is 0 Å². The van der Waals surface area contributed by atoms with Gasteiger partial charge >= 0.3 is 5.97 Å². The lowest BCUT2D eigenvalue weighted by molar-refractivity contribution is 0.0702. The SMILES string of the molecule is O=C(O)c1cc(SCc2cc(Br)ccc2F)cs1. The van der Waals surface area contributed by atoms with Crippen LogP contribution in [0.1, 0.15) is 15.2 Å². The molecule has 2 rings (SSSR count). The number of thioether (sulfide) groups is 1. The zero-order valence-corrected chi connectivity index (χ0v) is 12.2. The third-order valence-electron chi connectivity index (χ3n) is 2.19. The lowest BCUT2D eigenvalue weighted by atomic mass is 10.2. The molecule has 1 aromatic heterocycles. The lowest BCUT2D eigenvalue weighted by Gasteiger charge is -2.02. The van der Waals surface area contributed by atoms with Crippen molar-refractivity contribution in [3.63, 3.8) is 0 Å². The van der Waals surface area contributed by atoms with Gasteiger partial charge in [-0.05, 0) is 29.8 Å². The summed E-state index contributed by atoms with van der Waals surface area (Å²) in [6.07, 6.45) is 0. The van der Waals surface area contributed by atoms with Crippen LogP contribution in [-0.2, 0) is 5.75 Å². The molecule has 1 N–H and O–H groups in total. The van der Waals surface area contributed by atoms with E-state index in [0.717, 1.165) is 9.37 Å². The average Bonchev–Trinajstić information content (AvgIpc) is 2.79. The van der Waals surface area contributed by atoms with Gasteiger partial charge in [0.2, 0.25) is 0 Å². The van der Waals surface area contributed by atoms with E-state index in [-0.39, 0.29) is 5.82 Å². The number of carbonyl (C=O) groups is 1. The van der Waals surface area contributed by atoms with Crippen molar-refractivity contribution in [3.8, 4) is 0 Å². The summed E-state index contributed by atoms with van der Waals surface area (Å²) in [7, 11) is 0. The summed E-state index contributed by atoms with van der Waals surface area (Å²) in [6.45, 7) is 0. The van der Waals surface area contributed by atoms with Crippen LogP contribution in [0.3, 0.4) is 0 Å². The summed E-state index contributed by atoms with van der Waals surface area (Å²) in [5.74, 6) is -0.707. The maximum absolute atomic E-state index is 13.5. The van der Waals surface area contributed by atoms with Gasteiger partial charge in [-0.25, -0.2) is 9.18 Å². The zero-order chi connectivity index (χ0) is 13.1. The number of halogens is 2. The normalized spacial score (nSPS) is 10.6. The summed E-state index contributed by atoms with van der Waals surface area (Å²) >= 11 is 5.89. The van der Waals surface area contributed by atoms with E-state index in [9.17, 15) is 9.18 Å². The van der Waals surface area contributed by atoms with E-state index in [0.29, 0.717) is 16.2 Å². The maximum atomic E-state index is 13.5. The van der Waals surface area contributed by atoms with Gasteiger partial charge in [-0.3, -0.25) is 0 Å². The lowest BCUT2D eigenvalue weighted by Crippen LogP contribution is -1.90. The van der Waals surface area contributed by atoms with E-state index in [1.807, 2.05) is 0 Å². The van der Waals surface area contributed by atoms with Gasteiger partial charge in [0.15, 0.2) is 0 Å². The molecule has 6 heteroatoms. The molecule has 0 amide bonds. The number of hydrogen-bond acceptors (Lipinski definition) is 3. The Morgan fingerprint density at radius 2 is 2.22 bits per heavy atom. The molecule has 0 aliphatic carbocycles. The predicted octanol–water partition coefficient (Wildman–Crippen LogP) is 4.64. The molecule has 94 valence electrons. The van der Waals surface area contributed by atoms with Crippen LogP contribution in [0.25, 0.3) is 0 Å². The first-order valence-corrected chi connectivity index (χ1v) is 7.60. The van der Waals surface area contributed by atoms with E-state index in [1.54, 1.807) is 23.6 Å². The summed E-state index contributed by atoms with van der Waals surface area (Å²) in [6, 6.07) is 6.40. The molecule has 0 unspecified atom stereocenters. The van der Waals surface area contributed by atoms with Gasteiger partial charge in [0.25, 0.3) is 0 Å². The van der Waals surface area contributed by atoms with Crippen molar-refractivity contribution in [2.75, 3.05) is 0 Å². The number of rotatable bonds is 4. The highest BCUT2D eigenvalue weighted by molar-refractivity contribution is 9.10. The standard InChI is InChI=1S/C12H8BrFO2S2/c13-8-1-2-10(14)7(3-8)5-17-9-4-11(12(15)16)18-6-9/h1-4,6H,5H2,(H,15,16). The number of carboxylic acid groups (broad SMARTS) is 1.